The van der Waals surface area contributed by atoms with Gasteiger partial charge in [0.1, 0.15) is 6.04 Å². The highest BCUT2D eigenvalue weighted by Crippen LogP contribution is 2.26. The summed E-state index contributed by atoms with van der Waals surface area (Å²) in [4.78, 5) is 12.2. The van der Waals surface area contributed by atoms with Crippen LogP contribution in [0.1, 0.15) is 39.2 Å². The van der Waals surface area contributed by atoms with E-state index in [1.165, 1.54) is 0 Å². The molecule has 1 rings (SSSR count). The van der Waals surface area contributed by atoms with Crippen LogP contribution in [-0.4, -0.2) is 25.1 Å². The van der Waals surface area contributed by atoms with Gasteiger partial charge in [0.15, 0.2) is 0 Å². The number of nitrogens with one attached hydrogen (secondary N) is 2. The molecule has 1 aromatic rings. The molecule has 0 heterocycles. The Labute approximate surface area is 135 Å². The molecule has 2 N–H and O–H groups in total. The normalized spacial score (nSPS) is 12.3. The van der Waals surface area contributed by atoms with E-state index in [4.69, 9.17) is 4.74 Å². The van der Waals surface area contributed by atoms with E-state index in [0.29, 0.717) is 6.61 Å². The van der Waals surface area contributed by atoms with Gasteiger partial charge in [0.2, 0.25) is 5.91 Å². The Bertz CT molecular complexity index is 462. The van der Waals surface area contributed by atoms with Gasteiger partial charge in [-0.25, -0.2) is 0 Å². The molecule has 0 radical (unpaired) electrons. The highest BCUT2D eigenvalue weighted by atomic mass is 79.9. The summed E-state index contributed by atoms with van der Waals surface area (Å²) in [5.41, 5.74) is 1.93. The number of carbonyl (C=O) groups excluding carboxylic acids is 1. The molecule has 0 spiro atoms. The SMILES string of the molecule is CCC(CC)NC(=O)C(C)Nc1cccc(Br)c1COC. The van der Waals surface area contributed by atoms with Crippen molar-refractivity contribution in [2.45, 2.75) is 52.3 Å². The number of methoxy groups -OCH3 is 1. The van der Waals surface area contributed by atoms with Crippen LogP contribution in [-0.2, 0) is 16.1 Å². The van der Waals surface area contributed by atoms with Crippen LogP contribution in [0.25, 0.3) is 0 Å². The summed E-state index contributed by atoms with van der Waals surface area (Å²) in [5.74, 6) is 0.0204. The molecule has 21 heavy (non-hydrogen) atoms. The lowest BCUT2D eigenvalue weighted by atomic mass is 10.1. The molecule has 1 unspecified atom stereocenters. The van der Waals surface area contributed by atoms with Crippen LogP contribution < -0.4 is 10.6 Å². The average molecular weight is 357 g/mol. The molecule has 0 bridgehead atoms. The summed E-state index contributed by atoms with van der Waals surface area (Å²) in [6.45, 7) is 6.52. The third-order valence-corrected chi connectivity index (χ3v) is 4.25. The van der Waals surface area contributed by atoms with Crippen LogP contribution in [0.15, 0.2) is 22.7 Å². The summed E-state index contributed by atoms with van der Waals surface area (Å²) in [7, 11) is 1.66. The van der Waals surface area contributed by atoms with Crippen molar-refractivity contribution in [2.24, 2.45) is 0 Å². The molecule has 1 amide bonds. The van der Waals surface area contributed by atoms with Gasteiger partial charge in [-0.05, 0) is 31.9 Å². The van der Waals surface area contributed by atoms with Gasteiger partial charge >= 0.3 is 0 Å². The van der Waals surface area contributed by atoms with Gasteiger partial charge in [0, 0.05) is 28.9 Å². The van der Waals surface area contributed by atoms with E-state index >= 15 is 0 Å². The molecule has 0 saturated carbocycles. The van der Waals surface area contributed by atoms with Crippen LogP contribution >= 0.6 is 15.9 Å². The molecule has 0 aliphatic heterocycles. The van der Waals surface area contributed by atoms with Crippen molar-refractivity contribution in [1.29, 1.82) is 0 Å². The first kappa shape index (κ1) is 18.0. The molecule has 0 aliphatic carbocycles. The number of amides is 1. The van der Waals surface area contributed by atoms with Crippen molar-refractivity contribution >= 4 is 27.5 Å². The van der Waals surface area contributed by atoms with Crippen molar-refractivity contribution in [3.8, 4) is 0 Å². The van der Waals surface area contributed by atoms with Gasteiger partial charge in [-0.1, -0.05) is 35.8 Å². The molecule has 1 aromatic carbocycles. The smallest absolute Gasteiger partial charge is 0.242 e. The van der Waals surface area contributed by atoms with E-state index in [1.54, 1.807) is 7.11 Å². The molecule has 0 aromatic heterocycles. The Balaban J connectivity index is 2.76. The first-order valence-corrected chi connectivity index (χ1v) is 8.15. The number of hydrogen-bond donors (Lipinski definition) is 2. The fourth-order valence-electron chi connectivity index (χ4n) is 2.10. The Morgan fingerprint density at radius 2 is 2.00 bits per heavy atom. The fraction of sp³-hybridized carbons (Fsp3) is 0.562. The monoisotopic (exact) mass is 356 g/mol. The van der Waals surface area contributed by atoms with E-state index in [0.717, 1.165) is 28.6 Å². The number of carbonyl (C=O) groups is 1. The largest absolute Gasteiger partial charge is 0.380 e. The van der Waals surface area contributed by atoms with E-state index in [-0.39, 0.29) is 18.0 Å². The molecular formula is C16H25BrN2O2. The van der Waals surface area contributed by atoms with Crippen LogP contribution in [0.3, 0.4) is 0 Å². The van der Waals surface area contributed by atoms with Gasteiger partial charge < -0.3 is 15.4 Å². The Hall–Kier alpha value is -1.07. The molecule has 1 atom stereocenters. The Kier molecular flexibility index (Phi) is 7.75. The molecule has 0 aliphatic rings. The van der Waals surface area contributed by atoms with E-state index in [9.17, 15) is 4.79 Å². The lowest BCUT2D eigenvalue weighted by Crippen LogP contribution is -2.43. The minimum absolute atomic E-state index is 0.0204. The zero-order chi connectivity index (χ0) is 15.8. The maximum Gasteiger partial charge on any atom is 0.242 e. The number of rotatable bonds is 8. The quantitative estimate of drug-likeness (QED) is 0.746. The second kappa shape index (κ2) is 9.05. The van der Waals surface area contributed by atoms with Crippen molar-refractivity contribution in [3.05, 3.63) is 28.2 Å². The third-order valence-electron chi connectivity index (χ3n) is 3.50. The standard InChI is InChI=1S/C16H25BrN2O2/c1-5-12(6-2)19-16(20)11(3)18-15-9-7-8-14(17)13(15)10-21-4/h7-9,11-12,18H,5-6,10H2,1-4H3,(H,19,20). The topological polar surface area (TPSA) is 50.4 Å². The average Bonchev–Trinajstić information content (AvgIpc) is 2.48. The lowest BCUT2D eigenvalue weighted by Gasteiger charge is -2.21. The molecular weight excluding hydrogens is 332 g/mol. The predicted molar refractivity (Wildman–Crippen MR) is 90.5 cm³/mol. The maximum absolute atomic E-state index is 12.2. The second-order valence-corrected chi connectivity index (χ2v) is 5.94. The fourth-order valence-corrected chi connectivity index (χ4v) is 2.58. The third kappa shape index (κ3) is 5.32. The Morgan fingerprint density at radius 1 is 1.33 bits per heavy atom. The Morgan fingerprint density at radius 3 is 2.57 bits per heavy atom. The van der Waals surface area contributed by atoms with Crippen LogP contribution in [0.4, 0.5) is 5.69 Å². The minimum atomic E-state index is -0.296. The van der Waals surface area contributed by atoms with Crippen molar-refractivity contribution in [1.82, 2.24) is 5.32 Å². The number of ether oxygens (including phenoxy) is 1. The van der Waals surface area contributed by atoms with Crippen molar-refractivity contribution in [3.63, 3.8) is 0 Å². The van der Waals surface area contributed by atoms with Crippen LogP contribution in [0.2, 0.25) is 0 Å². The van der Waals surface area contributed by atoms with E-state index < -0.39 is 0 Å². The van der Waals surface area contributed by atoms with E-state index in [1.807, 2.05) is 25.1 Å². The van der Waals surface area contributed by atoms with Gasteiger partial charge in [-0.2, -0.15) is 0 Å². The summed E-state index contributed by atoms with van der Waals surface area (Å²) in [6, 6.07) is 5.81. The zero-order valence-electron chi connectivity index (χ0n) is 13.2. The maximum atomic E-state index is 12.2. The first-order chi connectivity index (χ1) is 10.0. The van der Waals surface area contributed by atoms with Gasteiger partial charge in [-0.15, -0.1) is 0 Å². The molecule has 0 saturated heterocycles. The summed E-state index contributed by atoms with van der Waals surface area (Å²) in [6.07, 6.45) is 1.89. The zero-order valence-corrected chi connectivity index (χ0v) is 14.8. The number of hydrogen-bond acceptors (Lipinski definition) is 3. The van der Waals surface area contributed by atoms with E-state index in [2.05, 4.69) is 40.4 Å². The lowest BCUT2D eigenvalue weighted by molar-refractivity contribution is -0.122. The van der Waals surface area contributed by atoms with Gasteiger partial charge in [0.25, 0.3) is 0 Å². The molecule has 0 fully saturated rings. The molecule has 118 valence electrons. The summed E-state index contributed by atoms with van der Waals surface area (Å²) >= 11 is 3.52. The molecule has 5 heteroatoms. The van der Waals surface area contributed by atoms with Gasteiger partial charge in [0.05, 0.1) is 6.61 Å². The predicted octanol–water partition coefficient (Wildman–Crippen LogP) is 3.70. The van der Waals surface area contributed by atoms with Crippen LogP contribution in [0, 0.1) is 0 Å². The molecule has 4 nitrogen and oxygen atoms in total. The second-order valence-electron chi connectivity index (χ2n) is 5.09. The first-order valence-electron chi connectivity index (χ1n) is 7.36. The number of anilines is 1. The number of halogens is 1. The summed E-state index contributed by atoms with van der Waals surface area (Å²) < 4.78 is 6.19. The highest BCUT2D eigenvalue weighted by Gasteiger charge is 2.17. The number of benzene rings is 1. The van der Waals surface area contributed by atoms with Crippen LogP contribution in [0.5, 0.6) is 0 Å². The minimum Gasteiger partial charge on any atom is -0.380 e. The summed E-state index contributed by atoms with van der Waals surface area (Å²) in [5, 5.41) is 6.33. The highest BCUT2D eigenvalue weighted by molar-refractivity contribution is 9.10. The van der Waals surface area contributed by atoms with Crippen molar-refractivity contribution < 1.29 is 9.53 Å². The van der Waals surface area contributed by atoms with Gasteiger partial charge in [-0.3, -0.25) is 4.79 Å². The van der Waals surface area contributed by atoms with Crippen molar-refractivity contribution in [2.75, 3.05) is 12.4 Å².